The quantitative estimate of drug-likeness (QED) is 0.671. The maximum Gasteiger partial charge on any atom is 0.117 e. The van der Waals surface area contributed by atoms with E-state index >= 15 is 0 Å². The van der Waals surface area contributed by atoms with Crippen LogP contribution >= 0.6 is 0 Å². The highest BCUT2D eigenvalue weighted by Gasteiger charge is 2.20. The molecule has 96 valence electrons. The Morgan fingerprint density at radius 3 is 2.88 bits per heavy atom. The van der Waals surface area contributed by atoms with Crippen LogP contribution in [0.15, 0.2) is 16.5 Å². The molecular weight excluding hydrogens is 214 g/mol. The molecule has 3 nitrogen and oxygen atoms in total. The van der Waals surface area contributed by atoms with Crippen molar-refractivity contribution in [3.63, 3.8) is 0 Å². The molecule has 0 aromatic carbocycles. The van der Waals surface area contributed by atoms with Gasteiger partial charge in [0.1, 0.15) is 11.5 Å². The average molecular weight is 237 g/mol. The second kappa shape index (κ2) is 6.82. The van der Waals surface area contributed by atoms with Crippen molar-refractivity contribution >= 4 is 0 Å². The first-order chi connectivity index (χ1) is 8.38. The number of rotatable bonds is 9. The fourth-order valence-corrected chi connectivity index (χ4v) is 1.75. The first-order valence-electron chi connectivity index (χ1n) is 6.74. The van der Waals surface area contributed by atoms with E-state index in [0.29, 0.717) is 0 Å². The van der Waals surface area contributed by atoms with Crippen molar-refractivity contribution in [2.75, 3.05) is 19.8 Å². The summed E-state index contributed by atoms with van der Waals surface area (Å²) in [6.07, 6.45) is 4.79. The molecule has 0 radical (unpaired) electrons. The molecule has 1 saturated carbocycles. The van der Waals surface area contributed by atoms with Crippen LogP contribution in [0.4, 0.5) is 0 Å². The first-order valence-corrected chi connectivity index (χ1v) is 6.74. The fraction of sp³-hybridized carbons (Fsp3) is 0.714. The van der Waals surface area contributed by atoms with Gasteiger partial charge >= 0.3 is 0 Å². The van der Waals surface area contributed by atoms with Crippen molar-refractivity contribution in [1.29, 1.82) is 0 Å². The minimum absolute atomic E-state index is 0.822. The van der Waals surface area contributed by atoms with E-state index in [0.717, 1.165) is 56.6 Å². The van der Waals surface area contributed by atoms with Gasteiger partial charge in [-0.05, 0) is 43.9 Å². The summed E-state index contributed by atoms with van der Waals surface area (Å²) >= 11 is 0. The van der Waals surface area contributed by atoms with Crippen LogP contribution in [0.1, 0.15) is 37.7 Å². The van der Waals surface area contributed by atoms with Crippen molar-refractivity contribution in [3.8, 4) is 0 Å². The van der Waals surface area contributed by atoms with Crippen LogP contribution in [0.25, 0.3) is 0 Å². The Kier molecular flexibility index (Phi) is 5.08. The average Bonchev–Trinajstić information content (AvgIpc) is 3.05. The minimum atomic E-state index is 0.822. The molecule has 0 saturated heterocycles. The van der Waals surface area contributed by atoms with Crippen LogP contribution in [0, 0.1) is 5.92 Å². The lowest BCUT2D eigenvalue weighted by Crippen LogP contribution is -2.16. The predicted octanol–water partition coefficient (Wildman–Crippen LogP) is 2.75. The molecular formula is C14H23NO2. The Labute approximate surface area is 104 Å². The zero-order valence-corrected chi connectivity index (χ0v) is 10.7. The van der Waals surface area contributed by atoms with Crippen LogP contribution in [0.5, 0.6) is 0 Å². The predicted molar refractivity (Wildman–Crippen MR) is 68.0 cm³/mol. The molecule has 0 aliphatic heterocycles. The number of nitrogens with one attached hydrogen (secondary N) is 1. The van der Waals surface area contributed by atoms with Crippen LogP contribution < -0.4 is 5.32 Å². The summed E-state index contributed by atoms with van der Waals surface area (Å²) in [7, 11) is 0. The highest BCUT2D eigenvalue weighted by atomic mass is 16.5. The summed E-state index contributed by atoms with van der Waals surface area (Å²) in [5, 5.41) is 3.37. The molecule has 3 heteroatoms. The zero-order chi connectivity index (χ0) is 11.9. The normalized spacial score (nSPS) is 15.4. The maximum atomic E-state index is 5.61. The molecule has 1 aliphatic rings. The van der Waals surface area contributed by atoms with E-state index in [9.17, 15) is 0 Å². The third-order valence-electron chi connectivity index (χ3n) is 3.06. The summed E-state index contributed by atoms with van der Waals surface area (Å²) in [6, 6.07) is 4.10. The molecule has 0 amide bonds. The van der Waals surface area contributed by atoms with Gasteiger partial charge in [-0.1, -0.05) is 6.92 Å². The zero-order valence-electron chi connectivity index (χ0n) is 10.7. The number of ether oxygens (including phenoxy) is 1. The standard InChI is InChI=1S/C14H23NO2/c1-2-13-6-7-14(17-13)10-15-8-3-9-16-11-12-4-5-12/h6-7,12,15H,2-5,8-11H2,1H3. The van der Waals surface area contributed by atoms with E-state index in [1.165, 1.54) is 12.8 Å². The van der Waals surface area contributed by atoms with Crippen LogP contribution in [0.2, 0.25) is 0 Å². The lowest BCUT2D eigenvalue weighted by atomic mass is 10.3. The molecule has 1 aromatic heterocycles. The Hall–Kier alpha value is -0.800. The van der Waals surface area contributed by atoms with Gasteiger partial charge in [0.25, 0.3) is 0 Å². The van der Waals surface area contributed by atoms with Crippen LogP contribution in [-0.4, -0.2) is 19.8 Å². The molecule has 1 heterocycles. The summed E-state index contributed by atoms with van der Waals surface area (Å²) < 4.78 is 11.2. The van der Waals surface area contributed by atoms with Crippen molar-refractivity contribution in [1.82, 2.24) is 5.32 Å². The largest absolute Gasteiger partial charge is 0.465 e. The Balaban J connectivity index is 1.44. The maximum absolute atomic E-state index is 5.61. The SMILES string of the molecule is CCc1ccc(CNCCCOCC2CC2)o1. The molecule has 1 fully saturated rings. The van der Waals surface area contributed by atoms with Gasteiger partial charge in [0.05, 0.1) is 6.54 Å². The molecule has 1 aromatic rings. The second-order valence-electron chi connectivity index (χ2n) is 4.77. The molecule has 1 aliphatic carbocycles. The molecule has 1 N–H and O–H groups in total. The van der Waals surface area contributed by atoms with E-state index in [2.05, 4.69) is 24.4 Å². The highest BCUT2D eigenvalue weighted by molar-refractivity contribution is 5.06. The van der Waals surface area contributed by atoms with E-state index in [1.54, 1.807) is 0 Å². The van der Waals surface area contributed by atoms with Gasteiger partial charge in [0, 0.05) is 19.6 Å². The van der Waals surface area contributed by atoms with Gasteiger partial charge in [-0.25, -0.2) is 0 Å². The third kappa shape index (κ3) is 4.92. The van der Waals surface area contributed by atoms with Crippen molar-refractivity contribution in [2.45, 2.75) is 39.2 Å². The smallest absolute Gasteiger partial charge is 0.117 e. The van der Waals surface area contributed by atoms with Crippen LogP contribution in [-0.2, 0) is 17.7 Å². The van der Waals surface area contributed by atoms with E-state index < -0.39 is 0 Å². The van der Waals surface area contributed by atoms with Gasteiger partial charge in [-0.3, -0.25) is 0 Å². The van der Waals surface area contributed by atoms with Crippen molar-refractivity contribution in [3.05, 3.63) is 23.7 Å². The topological polar surface area (TPSA) is 34.4 Å². The molecule has 17 heavy (non-hydrogen) atoms. The summed E-state index contributed by atoms with van der Waals surface area (Å²) in [4.78, 5) is 0. The highest BCUT2D eigenvalue weighted by Crippen LogP contribution is 2.28. The number of aryl methyl sites for hydroxylation is 1. The van der Waals surface area contributed by atoms with Crippen LogP contribution in [0.3, 0.4) is 0 Å². The van der Waals surface area contributed by atoms with Gasteiger partial charge < -0.3 is 14.5 Å². The Morgan fingerprint density at radius 1 is 1.35 bits per heavy atom. The number of hydrogen-bond donors (Lipinski definition) is 1. The Morgan fingerprint density at radius 2 is 2.18 bits per heavy atom. The van der Waals surface area contributed by atoms with Gasteiger partial charge in [-0.15, -0.1) is 0 Å². The monoisotopic (exact) mass is 237 g/mol. The lowest BCUT2D eigenvalue weighted by molar-refractivity contribution is 0.122. The van der Waals surface area contributed by atoms with E-state index in [1.807, 2.05) is 0 Å². The van der Waals surface area contributed by atoms with Gasteiger partial charge in [0.2, 0.25) is 0 Å². The third-order valence-corrected chi connectivity index (χ3v) is 3.06. The molecule has 0 atom stereocenters. The summed E-state index contributed by atoms with van der Waals surface area (Å²) in [6.45, 7) is 5.77. The summed E-state index contributed by atoms with van der Waals surface area (Å²) in [5.41, 5.74) is 0. The Bertz CT molecular complexity index is 318. The second-order valence-corrected chi connectivity index (χ2v) is 4.77. The minimum Gasteiger partial charge on any atom is -0.465 e. The molecule has 0 spiro atoms. The van der Waals surface area contributed by atoms with Gasteiger partial charge in [-0.2, -0.15) is 0 Å². The first kappa shape index (κ1) is 12.7. The van der Waals surface area contributed by atoms with Crippen molar-refractivity contribution in [2.24, 2.45) is 5.92 Å². The molecule has 0 bridgehead atoms. The lowest BCUT2D eigenvalue weighted by Gasteiger charge is -2.04. The van der Waals surface area contributed by atoms with Crippen molar-refractivity contribution < 1.29 is 9.15 Å². The fourth-order valence-electron chi connectivity index (χ4n) is 1.75. The number of hydrogen-bond acceptors (Lipinski definition) is 3. The van der Waals surface area contributed by atoms with E-state index in [4.69, 9.17) is 9.15 Å². The summed E-state index contributed by atoms with van der Waals surface area (Å²) in [5.74, 6) is 2.97. The van der Waals surface area contributed by atoms with E-state index in [-0.39, 0.29) is 0 Å². The van der Waals surface area contributed by atoms with Gasteiger partial charge in [0.15, 0.2) is 0 Å². The molecule has 0 unspecified atom stereocenters. The molecule has 2 rings (SSSR count). The number of furan rings is 1.